The van der Waals surface area contributed by atoms with Crippen molar-refractivity contribution in [2.24, 2.45) is 5.92 Å². The molecule has 0 aromatic carbocycles. The van der Waals surface area contributed by atoms with Gasteiger partial charge in [-0.2, -0.15) is 0 Å². The highest BCUT2D eigenvalue weighted by Crippen LogP contribution is 2.28. The van der Waals surface area contributed by atoms with Gasteiger partial charge in [0.15, 0.2) is 0 Å². The van der Waals surface area contributed by atoms with E-state index < -0.39 is 10.0 Å². The van der Waals surface area contributed by atoms with Crippen molar-refractivity contribution in [3.8, 4) is 0 Å². The van der Waals surface area contributed by atoms with Gasteiger partial charge < -0.3 is 0 Å². The van der Waals surface area contributed by atoms with Crippen molar-refractivity contribution in [2.45, 2.75) is 43.9 Å². The van der Waals surface area contributed by atoms with Gasteiger partial charge in [0.05, 0.1) is 5.75 Å². The Kier molecular flexibility index (Phi) is 5.57. The molecule has 15 heavy (non-hydrogen) atoms. The van der Waals surface area contributed by atoms with Gasteiger partial charge in [-0.05, 0) is 31.6 Å². The van der Waals surface area contributed by atoms with Crippen LogP contribution in [0.2, 0.25) is 0 Å². The van der Waals surface area contributed by atoms with Crippen LogP contribution in [0.4, 0.5) is 0 Å². The maximum absolute atomic E-state index is 11.4. The molecule has 1 saturated carbocycles. The highest BCUT2D eigenvalue weighted by Gasteiger charge is 2.21. The minimum absolute atomic E-state index is 0.247. The zero-order chi connectivity index (χ0) is 11.3. The number of sulfonamides is 1. The Morgan fingerprint density at radius 2 is 2.13 bits per heavy atom. The van der Waals surface area contributed by atoms with Crippen molar-refractivity contribution >= 4 is 26.0 Å². The van der Waals surface area contributed by atoms with Crippen LogP contribution in [-0.2, 0) is 10.0 Å². The van der Waals surface area contributed by atoms with E-state index in [0.29, 0.717) is 23.7 Å². The normalized spacial score (nSPS) is 27.9. The number of rotatable bonds is 5. The first kappa shape index (κ1) is 13.5. The Bertz CT molecular complexity index is 279. The van der Waals surface area contributed by atoms with Crippen molar-refractivity contribution < 1.29 is 8.42 Å². The molecule has 1 rings (SSSR count). The molecule has 0 heterocycles. The average Bonchev–Trinajstić information content (AvgIpc) is 2.15. The first-order valence-electron chi connectivity index (χ1n) is 5.65. The van der Waals surface area contributed by atoms with Crippen LogP contribution in [0.25, 0.3) is 0 Å². The minimum atomic E-state index is -3.01. The monoisotopic (exact) mass is 297 g/mol. The predicted molar refractivity (Wildman–Crippen MR) is 66.8 cm³/mol. The second-order valence-electron chi connectivity index (χ2n) is 4.30. The molecule has 0 radical (unpaired) electrons. The number of nitrogens with one attached hydrogen (secondary N) is 1. The van der Waals surface area contributed by atoms with Crippen molar-refractivity contribution in [3.05, 3.63) is 0 Å². The molecule has 0 aliphatic heterocycles. The lowest BCUT2D eigenvalue weighted by Crippen LogP contribution is -2.33. The van der Waals surface area contributed by atoms with E-state index in [1.165, 1.54) is 12.8 Å². The van der Waals surface area contributed by atoms with Gasteiger partial charge in [0.2, 0.25) is 10.0 Å². The van der Waals surface area contributed by atoms with Crippen LogP contribution in [0, 0.1) is 5.92 Å². The smallest absolute Gasteiger partial charge is 0.211 e. The molecule has 0 aromatic heterocycles. The largest absolute Gasteiger partial charge is 0.215 e. The zero-order valence-corrected chi connectivity index (χ0v) is 11.6. The van der Waals surface area contributed by atoms with Crippen LogP contribution >= 0.6 is 15.9 Å². The maximum atomic E-state index is 11.4. The fraction of sp³-hybridized carbons (Fsp3) is 1.00. The highest BCUT2D eigenvalue weighted by molar-refractivity contribution is 9.09. The Balaban J connectivity index is 2.30. The van der Waals surface area contributed by atoms with Gasteiger partial charge in [-0.1, -0.05) is 29.3 Å². The maximum Gasteiger partial charge on any atom is 0.211 e. The van der Waals surface area contributed by atoms with Gasteiger partial charge in [0, 0.05) is 11.4 Å². The van der Waals surface area contributed by atoms with Gasteiger partial charge in [0.1, 0.15) is 0 Å². The van der Waals surface area contributed by atoms with Crippen molar-refractivity contribution in [2.75, 3.05) is 12.3 Å². The summed E-state index contributed by atoms with van der Waals surface area (Å²) in [6.07, 6.45) is 5.35. The summed E-state index contributed by atoms with van der Waals surface area (Å²) >= 11 is 3.60. The lowest BCUT2D eigenvalue weighted by molar-refractivity contribution is 0.368. The third-order valence-electron chi connectivity index (χ3n) is 2.78. The highest BCUT2D eigenvalue weighted by atomic mass is 79.9. The first-order valence-corrected chi connectivity index (χ1v) is 8.21. The molecular formula is C10H20BrNO2S. The molecule has 1 aliphatic carbocycles. The van der Waals surface area contributed by atoms with Crippen LogP contribution in [0.5, 0.6) is 0 Å². The lowest BCUT2D eigenvalue weighted by Gasteiger charge is -2.25. The molecule has 90 valence electrons. The topological polar surface area (TPSA) is 46.2 Å². The number of hydrogen-bond donors (Lipinski definition) is 1. The molecule has 2 unspecified atom stereocenters. The molecule has 0 aromatic rings. The summed E-state index contributed by atoms with van der Waals surface area (Å²) in [6, 6.07) is 0. The Morgan fingerprint density at radius 1 is 1.40 bits per heavy atom. The Labute approximate surface area is 101 Å². The molecule has 0 amide bonds. The van der Waals surface area contributed by atoms with Gasteiger partial charge in [-0.3, -0.25) is 0 Å². The summed E-state index contributed by atoms with van der Waals surface area (Å²) < 4.78 is 25.6. The molecular weight excluding hydrogens is 278 g/mol. The van der Waals surface area contributed by atoms with Gasteiger partial charge in [-0.25, -0.2) is 13.1 Å². The second kappa shape index (κ2) is 6.21. The fourth-order valence-electron chi connectivity index (χ4n) is 2.00. The molecule has 0 saturated heterocycles. The van der Waals surface area contributed by atoms with Crippen LogP contribution in [-0.4, -0.2) is 25.5 Å². The van der Waals surface area contributed by atoms with Gasteiger partial charge in [0.25, 0.3) is 0 Å². The number of alkyl halides is 1. The SMILES string of the molecule is CCCS(=O)(=O)NCC1CCCC(Br)C1. The molecule has 3 nitrogen and oxygen atoms in total. The minimum Gasteiger partial charge on any atom is -0.215 e. The average molecular weight is 298 g/mol. The quantitative estimate of drug-likeness (QED) is 0.791. The van der Waals surface area contributed by atoms with E-state index in [0.717, 1.165) is 12.8 Å². The van der Waals surface area contributed by atoms with Crippen molar-refractivity contribution in [1.82, 2.24) is 4.72 Å². The third-order valence-corrected chi connectivity index (χ3v) is 5.17. The molecule has 2 atom stereocenters. The first-order chi connectivity index (χ1) is 7.03. The summed E-state index contributed by atoms with van der Waals surface area (Å²) in [5.74, 6) is 0.757. The second-order valence-corrected chi connectivity index (χ2v) is 7.52. The van der Waals surface area contributed by atoms with Crippen molar-refractivity contribution in [1.29, 1.82) is 0 Å². The third kappa shape index (κ3) is 5.31. The molecule has 1 fully saturated rings. The van der Waals surface area contributed by atoms with E-state index in [9.17, 15) is 8.42 Å². The summed E-state index contributed by atoms with van der Waals surface area (Å²) in [7, 11) is -3.01. The molecule has 1 aliphatic rings. The van der Waals surface area contributed by atoms with Crippen LogP contribution in [0.15, 0.2) is 0 Å². The molecule has 5 heteroatoms. The van der Waals surface area contributed by atoms with Gasteiger partial charge in [-0.15, -0.1) is 0 Å². The summed E-state index contributed by atoms with van der Waals surface area (Å²) in [5, 5.41) is 0. The van der Waals surface area contributed by atoms with Crippen LogP contribution < -0.4 is 4.72 Å². The van der Waals surface area contributed by atoms with Crippen LogP contribution in [0.3, 0.4) is 0 Å². The van der Waals surface area contributed by atoms with E-state index in [4.69, 9.17) is 0 Å². The van der Waals surface area contributed by atoms with Gasteiger partial charge >= 0.3 is 0 Å². The standard InChI is InChI=1S/C10H20BrNO2S/c1-2-6-15(13,14)12-8-9-4-3-5-10(11)7-9/h9-10,12H,2-8H2,1H3. The van der Waals surface area contributed by atoms with E-state index >= 15 is 0 Å². The molecule has 0 spiro atoms. The Hall–Kier alpha value is 0.390. The Morgan fingerprint density at radius 3 is 2.73 bits per heavy atom. The van der Waals surface area contributed by atoms with E-state index in [-0.39, 0.29) is 5.75 Å². The van der Waals surface area contributed by atoms with Crippen molar-refractivity contribution in [3.63, 3.8) is 0 Å². The van der Waals surface area contributed by atoms with Crippen LogP contribution in [0.1, 0.15) is 39.0 Å². The summed E-state index contributed by atoms with van der Waals surface area (Å²) in [6.45, 7) is 2.50. The van der Waals surface area contributed by atoms with E-state index in [2.05, 4.69) is 20.7 Å². The molecule has 1 N–H and O–H groups in total. The van der Waals surface area contributed by atoms with E-state index in [1.54, 1.807) is 0 Å². The fourth-order valence-corrected chi connectivity index (χ4v) is 4.02. The summed E-state index contributed by atoms with van der Waals surface area (Å²) in [5.41, 5.74) is 0. The molecule has 0 bridgehead atoms. The van der Waals surface area contributed by atoms with E-state index in [1.807, 2.05) is 6.92 Å². The summed E-state index contributed by atoms with van der Waals surface area (Å²) in [4.78, 5) is 0.576. The number of hydrogen-bond acceptors (Lipinski definition) is 2. The lowest BCUT2D eigenvalue weighted by atomic mass is 9.89. The number of halogens is 1. The predicted octanol–water partition coefficient (Wildman–Crippen LogP) is 2.27. The zero-order valence-electron chi connectivity index (χ0n) is 9.21.